The molecule has 0 aromatic carbocycles. The lowest BCUT2D eigenvalue weighted by Gasteiger charge is -2.14. The normalized spacial score (nSPS) is 12.1. The Balaban J connectivity index is 3.80. The number of nitrogens with two attached hydrogens (primary N) is 2. The molecule has 13 heavy (non-hydrogen) atoms. The first-order chi connectivity index (χ1) is 6.07. The summed E-state index contributed by atoms with van der Waals surface area (Å²) < 4.78 is 0. The smallest absolute Gasteiger partial charge is 0.322 e. The van der Waals surface area contributed by atoms with Crippen LogP contribution in [0.25, 0.3) is 0 Å². The van der Waals surface area contributed by atoms with Crippen molar-refractivity contribution in [2.45, 2.75) is 18.9 Å². The number of nitrogens with one attached hydrogen (secondary N) is 3. The predicted octanol–water partition coefficient (Wildman–Crippen LogP) is -1.83. The third kappa shape index (κ3) is 5.88. The van der Waals surface area contributed by atoms with Gasteiger partial charge in [-0.05, 0) is 19.4 Å². The number of hydrogen-bond donors (Lipinski definition) is 6. The van der Waals surface area contributed by atoms with Gasteiger partial charge < -0.3 is 16.6 Å². The second-order valence-corrected chi connectivity index (χ2v) is 2.50. The van der Waals surface area contributed by atoms with Crippen molar-refractivity contribution in [1.29, 1.82) is 5.41 Å². The van der Waals surface area contributed by atoms with E-state index >= 15 is 0 Å². The van der Waals surface area contributed by atoms with Crippen LogP contribution in [-0.4, -0.2) is 29.6 Å². The van der Waals surface area contributed by atoms with Crippen LogP contribution in [-0.2, 0) is 4.79 Å². The summed E-state index contributed by atoms with van der Waals surface area (Å²) in [5, 5.41) is 15.5. The zero-order chi connectivity index (χ0) is 10.3. The highest BCUT2D eigenvalue weighted by Gasteiger charge is 2.15. The molecule has 0 amide bonds. The summed E-state index contributed by atoms with van der Waals surface area (Å²) in [6.07, 6.45) is 0.996. The molecule has 0 heterocycles. The first-order valence-corrected chi connectivity index (χ1v) is 3.86. The van der Waals surface area contributed by atoms with Crippen LogP contribution < -0.4 is 22.3 Å². The van der Waals surface area contributed by atoms with E-state index in [-0.39, 0.29) is 5.96 Å². The molecular formula is C6H15N5O2. The van der Waals surface area contributed by atoms with E-state index in [1.807, 2.05) is 0 Å². The van der Waals surface area contributed by atoms with Gasteiger partial charge in [0, 0.05) is 0 Å². The standard InChI is InChI=1S/C6H15N5O2/c7-3-1-2-4(5(12)13)10-11-6(8)9/h4,10H,1-3,7H2,(H,12,13)(H4,8,9,11). The van der Waals surface area contributed by atoms with Crippen molar-refractivity contribution in [3.8, 4) is 0 Å². The van der Waals surface area contributed by atoms with E-state index in [2.05, 4.69) is 10.9 Å². The van der Waals surface area contributed by atoms with Gasteiger partial charge in [0.2, 0.25) is 0 Å². The number of rotatable bonds is 6. The number of carbonyl (C=O) groups is 1. The van der Waals surface area contributed by atoms with Gasteiger partial charge in [-0.3, -0.25) is 15.6 Å². The maximum Gasteiger partial charge on any atom is 0.322 e. The summed E-state index contributed by atoms with van der Waals surface area (Å²) in [4.78, 5) is 10.6. The minimum atomic E-state index is -0.998. The molecule has 76 valence electrons. The first kappa shape index (κ1) is 11.7. The highest BCUT2D eigenvalue weighted by Crippen LogP contribution is 1.94. The zero-order valence-electron chi connectivity index (χ0n) is 7.21. The third-order valence-electron chi connectivity index (χ3n) is 1.38. The Bertz CT molecular complexity index is 184. The molecule has 0 saturated heterocycles. The molecule has 7 heteroatoms. The molecule has 8 N–H and O–H groups in total. The molecule has 0 bridgehead atoms. The Hall–Kier alpha value is -1.34. The molecule has 1 atom stereocenters. The Morgan fingerprint density at radius 2 is 2.23 bits per heavy atom. The zero-order valence-corrected chi connectivity index (χ0v) is 7.21. The van der Waals surface area contributed by atoms with E-state index in [1.54, 1.807) is 0 Å². The summed E-state index contributed by atoms with van der Waals surface area (Å²) in [5.41, 5.74) is 14.8. The van der Waals surface area contributed by atoms with Gasteiger partial charge in [-0.2, -0.15) is 0 Å². The largest absolute Gasteiger partial charge is 0.480 e. The van der Waals surface area contributed by atoms with Crippen LogP contribution in [0.4, 0.5) is 0 Å². The lowest BCUT2D eigenvalue weighted by Crippen LogP contribution is -2.50. The van der Waals surface area contributed by atoms with Crippen molar-refractivity contribution in [2.75, 3.05) is 6.54 Å². The molecule has 0 spiro atoms. The number of carboxylic acids is 1. The van der Waals surface area contributed by atoms with Crippen molar-refractivity contribution < 1.29 is 9.90 Å². The van der Waals surface area contributed by atoms with Crippen molar-refractivity contribution in [2.24, 2.45) is 11.5 Å². The van der Waals surface area contributed by atoms with Gasteiger partial charge in [-0.25, -0.2) is 5.43 Å². The monoisotopic (exact) mass is 189 g/mol. The lowest BCUT2D eigenvalue weighted by molar-refractivity contribution is -0.139. The molecule has 0 aliphatic carbocycles. The lowest BCUT2D eigenvalue weighted by atomic mass is 10.2. The summed E-state index contributed by atoms with van der Waals surface area (Å²) in [5.74, 6) is -1.32. The van der Waals surface area contributed by atoms with Gasteiger partial charge in [-0.1, -0.05) is 0 Å². The minimum absolute atomic E-state index is 0.320. The fourth-order valence-electron chi connectivity index (χ4n) is 0.744. The fourth-order valence-corrected chi connectivity index (χ4v) is 0.744. The average molecular weight is 189 g/mol. The molecule has 0 aliphatic rings. The Kier molecular flexibility index (Phi) is 5.57. The van der Waals surface area contributed by atoms with Gasteiger partial charge in [0.1, 0.15) is 6.04 Å². The molecule has 0 saturated carbocycles. The van der Waals surface area contributed by atoms with Crippen LogP contribution in [0.1, 0.15) is 12.8 Å². The minimum Gasteiger partial charge on any atom is -0.480 e. The van der Waals surface area contributed by atoms with Crippen molar-refractivity contribution in [3.05, 3.63) is 0 Å². The summed E-state index contributed by atoms with van der Waals surface area (Å²) in [6.45, 7) is 0.436. The van der Waals surface area contributed by atoms with Crippen LogP contribution in [0.2, 0.25) is 0 Å². The van der Waals surface area contributed by atoms with E-state index in [4.69, 9.17) is 22.0 Å². The van der Waals surface area contributed by atoms with E-state index in [0.717, 1.165) is 0 Å². The molecular weight excluding hydrogens is 174 g/mol. The maximum absolute atomic E-state index is 10.6. The Labute approximate surface area is 76.0 Å². The van der Waals surface area contributed by atoms with Crippen LogP contribution in [0.3, 0.4) is 0 Å². The van der Waals surface area contributed by atoms with Gasteiger partial charge in [0.25, 0.3) is 0 Å². The molecule has 0 fully saturated rings. The quantitative estimate of drug-likeness (QED) is 0.165. The average Bonchev–Trinajstić information content (AvgIpc) is 2.03. The van der Waals surface area contributed by atoms with E-state index in [0.29, 0.717) is 19.4 Å². The van der Waals surface area contributed by atoms with E-state index in [1.165, 1.54) is 0 Å². The molecule has 0 aliphatic heterocycles. The SMILES string of the molecule is N=C(N)NNC(CCCN)C(=O)O. The van der Waals surface area contributed by atoms with Crippen molar-refractivity contribution >= 4 is 11.9 Å². The topological polar surface area (TPSA) is 137 Å². The summed E-state index contributed by atoms with van der Waals surface area (Å²) in [7, 11) is 0. The number of aliphatic carboxylic acids is 1. The molecule has 7 nitrogen and oxygen atoms in total. The summed E-state index contributed by atoms with van der Waals surface area (Å²) in [6, 6.07) is -0.771. The number of carboxylic acid groups (broad SMARTS) is 1. The van der Waals surface area contributed by atoms with Crippen molar-refractivity contribution in [3.63, 3.8) is 0 Å². The van der Waals surface area contributed by atoms with Crippen LogP contribution in [0.15, 0.2) is 0 Å². The molecule has 1 unspecified atom stereocenters. The van der Waals surface area contributed by atoms with Gasteiger partial charge in [0.15, 0.2) is 5.96 Å². The van der Waals surface area contributed by atoms with Gasteiger partial charge in [-0.15, -0.1) is 0 Å². The highest BCUT2D eigenvalue weighted by molar-refractivity contribution is 5.76. The van der Waals surface area contributed by atoms with Crippen LogP contribution in [0.5, 0.6) is 0 Å². The Morgan fingerprint density at radius 1 is 1.62 bits per heavy atom. The number of hydrazine groups is 1. The second-order valence-electron chi connectivity index (χ2n) is 2.50. The third-order valence-corrected chi connectivity index (χ3v) is 1.38. The summed E-state index contributed by atoms with van der Waals surface area (Å²) >= 11 is 0. The number of hydrogen-bond acceptors (Lipinski definition) is 4. The van der Waals surface area contributed by atoms with Crippen LogP contribution in [0, 0.1) is 5.41 Å². The molecule has 0 radical (unpaired) electrons. The number of guanidine groups is 1. The molecule has 0 rings (SSSR count). The first-order valence-electron chi connectivity index (χ1n) is 3.86. The van der Waals surface area contributed by atoms with Crippen molar-refractivity contribution in [1.82, 2.24) is 10.9 Å². The second kappa shape index (κ2) is 6.21. The molecule has 0 aromatic rings. The van der Waals surface area contributed by atoms with Crippen LogP contribution >= 0.6 is 0 Å². The molecule has 0 aromatic heterocycles. The van der Waals surface area contributed by atoms with Gasteiger partial charge in [0.05, 0.1) is 0 Å². The highest BCUT2D eigenvalue weighted by atomic mass is 16.4. The van der Waals surface area contributed by atoms with E-state index < -0.39 is 12.0 Å². The Morgan fingerprint density at radius 3 is 2.62 bits per heavy atom. The maximum atomic E-state index is 10.6. The predicted molar refractivity (Wildman–Crippen MR) is 47.9 cm³/mol. The van der Waals surface area contributed by atoms with Gasteiger partial charge >= 0.3 is 5.97 Å². The van der Waals surface area contributed by atoms with E-state index in [9.17, 15) is 4.79 Å². The fraction of sp³-hybridized carbons (Fsp3) is 0.667.